The van der Waals surface area contributed by atoms with Gasteiger partial charge in [-0.25, -0.2) is 9.18 Å². The van der Waals surface area contributed by atoms with Crippen molar-refractivity contribution >= 4 is 27.8 Å². The third-order valence-corrected chi connectivity index (χ3v) is 2.57. The zero-order chi connectivity index (χ0) is 13.7. The molecule has 1 unspecified atom stereocenters. The SMILES string of the molecule is O=C(NCCC(O)C(=O)O)c1cc(F)cc(Br)c1. The number of amides is 1. The van der Waals surface area contributed by atoms with Crippen molar-refractivity contribution in [2.75, 3.05) is 6.54 Å². The number of nitrogens with one attached hydrogen (secondary N) is 1. The Morgan fingerprint density at radius 2 is 2.06 bits per heavy atom. The van der Waals surface area contributed by atoms with Gasteiger partial charge >= 0.3 is 5.97 Å². The molecule has 0 aromatic heterocycles. The number of rotatable bonds is 5. The monoisotopic (exact) mass is 319 g/mol. The summed E-state index contributed by atoms with van der Waals surface area (Å²) in [6.07, 6.45) is -1.64. The predicted octanol–water partition coefficient (Wildman–Crippen LogP) is 1.15. The fourth-order valence-electron chi connectivity index (χ4n) is 1.23. The molecule has 7 heteroatoms. The Kier molecular flexibility index (Phi) is 5.24. The van der Waals surface area contributed by atoms with Gasteiger partial charge in [0.1, 0.15) is 5.82 Å². The first kappa shape index (κ1) is 14.6. The van der Waals surface area contributed by atoms with E-state index in [4.69, 9.17) is 10.2 Å². The average molecular weight is 320 g/mol. The quantitative estimate of drug-likeness (QED) is 0.760. The molecule has 0 aliphatic rings. The van der Waals surface area contributed by atoms with Crippen LogP contribution in [0.15, 0.2) is 22.7 Å². The Morgan fingerprint density at radius 3 is 2.61 bits per heavy atom. The van der Waals surface area contributed by atoms with Gasteiger partial charge in [0, 0.05) is 23.0 Å². The molecule has 0 aliphatic carbocycles. The van der Waals surface area contributed by atoms with Crippen LogP contribution in [0.1, 0.15) is 16.8 Å². The van der Waals surface area contributed by atoms with Crippen LogP contribution in [0.5, 0.6) is 0 Å². The van der Waals surface area contributed by atoms with E-state index >= 15 is 0 Å². The van der Waals surface area contributed by atoms with Crippen molar-refractivity contribution in [2.24, 2.45) is 0 Å². The molecule has 5 nitrogen and oxygen atoms in total. The number of hydrogen-bond acceptors (Lipinski definition) is 3. The van der Waals surface area contributed by atoms with Crippen molar-refractivity contribution in [1.29, 1.82) is 0 Å². The number of hydrogen-bond donors (Lipinski definition) is 3. The molecule has 0 spiro atoms. The Bertz CT molecular complexity index is 446. The largest absolute Gasteiger partial charge is 0.479 e. The summed E-state index contributed by atoms with van der Waals surface area (Å²) in [6, 6.07) is 3.71. The van der Waals surface area contributed by atoms with E-state index in [0.29, 0.717) is 4.47 Å². The lowest BCUT2D eigenvalue weighted by molar-refractivity contribution is -0.146. The van der Waals surface area contributed by atoms with Gasteiger partial charge in [0.25, 0.3) is 5.91 Å². The maximum Gasteiger partial charge on any atom is 0.332 e. The first-order valence-electron chi connectivity index (χ1n) is 5.05. The van der Waals surface area contributed by atoms with Gasteiger partial charge in [-0.2, -0.15) is 0 Å². The Morgan fingerprint density at radius 1 is 1.39 bits per heavy atom. The number of benzene rings is 1. The van der Waals surface area contributed by atoms with Crippen LogP contribution in [0.25, 0.3) is 0 Å². The van der Waals surface area contributed by atoms with E-state index in [1.807, 2.05) is 0 Å². The minimum Gasteiger partial charge on any atom is -0.479 e. The summed E-state index contributed by atoms with van der Waals surface area (Å²) in [7, 11) is 0. The van der Waals surface area contributed by atoms with E-state index in [-0.39, 0.29) is 18.5 Å². The fraction of sp³-hybridized carbons (Fsp3) is 0.273. The van der Waals surface area contributed by atoms with Gasteiger partial charge in [-0.3, -0.25) is 4.79 Å². The summed E-state index contributed by atoms with van der Waals surface area (Å²) in [6.45, 7) is -0.0135. The lowest BCUT2D eigenvalue weighted by atomic mass is 10.2. The average Bonchev–Trinajstić information content (AvgIpc) is 2.27. The molecule has 18 heavy (non-hydrogen) atoms. The molecule has 0 radical (unpaired) electrons. The van der Waals surface area contributed by atoms with E-state index in [9.17, 15) is 14.0 Å². The number of aliphatic hydroxyl groups is 1. The van der Waals surface area contributed by atoms with Crippen molar-refractivity contribution in [3.8, 4) is 0 Å². The number of carboxylic acids is 1. The van der Waals surface area contributed by atoms with Crippen LogP contribution in [0.4, 0.5) is 4.39 Å². The fourth-order valence-corrected chi connectivity index (χ4v) is 1.70. The lowest BCUT2D eigenvalue weighted by Crippen LogP contribution is -2.30. The maximum absolute atomic E-state index is 13.0. The van der Waals surface area contributed by atoms with Crippen LogP contribution in [0, 0.1) is 5.82 Å². The molecule has 1 rings (SSSR count). The Hall–Kier alpha value is -1.47. The zero-order valence-corrected chi connectivity index (χ0v) is 10.8. The highest BCUT2D eigenvalue weighted by Crippen LogP contribution is 2.14. The summed E-state index contributed by atoms with van der Waals surface area (Å²) < 4.78 is 13.4. The van der Waals surface area contributed by atoms with E-state index in [1.165, 1.54) is 12.1 Å². The molecule has 3 N–H and O–H groups in total. The maximum atomic E-state index is 13.0. The molecular formula is C11H11BrFNO4. The van der Waals surface area contributed by atoms with Gasteiger partial charge in [-0.15, -0.1) is 0 Å². The summed E-state index contributed by atoms with van der Waals surface area (Å²) in [5.41, 5.74) is 0.117. The number of carbonyl (C=O) groups excluding carboxylic acids is 1. The van der Waals surface area contributed by atoms with Crippen molar-refractivity contribution in [1.82, 2.24) is 5.32 Å². The number of carboxylic acid groups (broad SMARTS) is 1. The molecule has 0 aliphatic heterocycles. The molecule has 0 heterocycles. The van der Waals surface area contributed by atoms with Gasteiger partial charge in [0.05, 0.1) is 0 Å². The summed E-state index contributed by atoms with van der Waals surface area (Å²) in [5.74, 6) is -2.44. The smallest absolute Gasteiger partial charge is 0.332 e. The molecular weight excluding hydrogens is 309 g/mol. The van der Waals surface area contributed by atoms with Crippen molar-refractivity contribution < 1.29 is 24.2 Å². The first-order valence-corrected chi connectivity index (χ1v) is 5.84. The van der Waals surface area contributed by atoms with E-state index in [1.54, 1.807) is 0 Å². The van der Waals surface area contributed by atoms with Gasteiger partial charge in [-0.05, 0) is 18.2 Å². The molecule has 1 aromatic rings. The number of aliphatic carboxylic acids is 1. The molecule has 1 amide bonds. The number of aliphatic hydroxyl groups excluding tert-OH is 1. The first-order chi connectivity index (χ1) is 8.40. The highest BCUT2D eigenvalue weighted by atomic mass is 79.9. The van der Waals surface area contributed by atoms with Gasteiger partial charge in [-0.1, -0.05) is 15.9 Å². The second kappa shape index (κ2) is 6.46. The van der Waals surface area contributed by atoms with Crippen LogP contribution in [-0.2, 0) is 4.79 Å². The van der Waals surface area contributed by atoms with Crippen LogP contribution >= 0.6 is 15.9 Å². The third kappa shape index (κ3) is 4.42. The topological polar surface area (TPSA) is 86.6 Å². The van der Waals surface area contributed by atoms with Gasteiger partial charge < -0.3 is 15.5 Å². The summed E-state index contributed by atoms with van der Waals surface area (Å²) >= 11 is 3.05. The second-order valence-corrected chi connectivity index (χ2v) is 4.47. The minimum absolute atomic E-state index is 0.0135. The van der Waals surface area contributed by atoms with E-state index < -0.39 is 23.8 Å². The standard InChI is InChI=1S/C11H11BrFNO4/c12-7-3-6(4-8(13)5-7)10(16)14-2-1-9(15)11(17)18/h3-5,9,15H,1-2H2,(H,14,16)(H,17,18). The number of halogens is 2. The highest BCUT2D eigenvalue weighted by molar-refractivity contribution is 9.10. The normalized spacial score (nSPS) is 11.9. The van der Waals surface area contributed by atoms with Crippen molar-refractivity contribution in [3.63, 3.8) is 0 Å². The molecule has 1 aromatic carbocycles. The van der Waals surface area contributed by atoms with Crippen LogP contribution in [-0.4, -0.2) is 34.7 Å². The predicted molar refractivity (Wildman–Crippen MR) is 64.7 cm³/mol. The van der Waals surface area contributed by atoms with E-state index in [2.05, 4.69) is 21.2 Å². The van der Waals surface area contributed by atoms with Gasteiger partial charge in [0.15, 0.2) is 6.10 Å². The van der Waals surface area contributed by atoms with Gasteiger partial charge in [0.2, 0.25) is 0 Å². The molecule has 0 fully saturated rings. The molecule has 0 saturated heterocycles. The van der Waals surface area contributed by atoms with E-state index in [0.717, 1.165) is 6.07 Å². The van der Waals surface area contributed by atoms with Crippen LogP contribution in [0.2, 0.25) is 0 Å². The minimum atomic E-state index is -1.52. The van der Waals surface area contributed by atoms with Crippen LogP contribution < -0.4 is 5.32 Å². The van der Waals surface area contributed by atoms with Crippen LogP contribution in [0.3, 0.4) is 0 Å². The zero-order valence-electron chi connectivity index (χ0n) is 9.19. The molecule has 0 saturated carbocycles. The highest BCUT2D eigenvalue weighted by Gasteiger charge is 2.13. The summed E-state index contributed by atoms with van der Waals surface area (Å²) in [5, 5.41) is 19.8. The van der Waals surface area contributed by atoms with Crippen molar-refractivity contribution in [2.45, 2.75) is 12.5 Å². The summed E-state index contributed by atoms with van der Waals surface area (Å²) in [4.78, 5) is 21.9. The Balaban J connectivity index is 2.53. The lowest BCUT2D eigenvalue weighted by Gasteiger charge is -2.07. The number of carbonyl (C=O) groups is 2. The molecule has 1 atom stereocenters. The van der Waals surface area contributed by atoms with Crippen molar-refractivity contribution in [3.05, 3.63) is 34.1 Å². The molecule has 0 bridgehead atoms. The molecule has 98 valence electrons. The second-order valence-electron chi connectivity index (χ2n) is 3.56. The Labute approximate surface area is 111 Å². The third-order valence-electron chi connectivity index (χ3n) is 2.11.